The zero-order valence-corrected chi connectivity index (χ0v) is 9.11. The monoisotopic (exact) mass is 225 g/mol. The van der Waals surface area contributed by atoms with E-state index in [0.29, 0.717) is 5.70 Å². The predicted octanol–water partition coefficient (Wildman–Crippen LogP) is 2.87. The van der Waals surface area contributed by atoms with Gasteiger partial charge in [0, 0.05) is 6.42 Å². The van der Waals surface area contributed by atoms with Crippen molar-refractivity contribution in [1.29, 1.82) is 5.26 Å². The SMILES string of the molecule is N#CC1(O)C=CC(N=Nc2ccccc2)=CC1. The topological polar surface area (TPSA) is 68.7 Å². The Balaban J connectivity index is 2.07. The van der Waals surface area contributed by atoms with Crippen LogP contribution in [0.25, 0.3) is 0 Å². The number of nitrogens with zero attached hydrogens (tertiary/aromatic N) is 3. The van der Waals surface area contributed by atoms with Crippen LogP contribution in [0.1, 0.15) is 6.42 Å². The van der Waals surface area contributed by atoms with E-state index in [9.17, 15) is 5.11 Å². The molecule has 1 aromatic carbocycles. The quantitative estimate of drug-likeness (QED) is 0.621. The molecule has 4 heteroatoms. The van der Waals surface area contributed by atoms with Crippen LogP contribution in [0.4, 0.5) is 5.69 Å². The first kappa shape index (κ1) is 11.2. The molecule has 0 amide bonds. The zero-order chi connectivity index (χ0) is 12.1. The lowest BCUT2D eigenvalue weighted by Gasteiger charge is -2.16. The Hall–Kier alpha value is -2.25. The fourth-order valence-electron chi connectivity index (χ4n) is 1.39. The maximum Gasteiger partial charge on any atom is 0.173 e. The predicted molar refractivity (Wildman–Crippen MR) is 63.4 cm³/mol. The largest absolute Gasteiger partial charge is 0.372 e. The van der Waals surface area contributed by atoms with E-state index in [1.165, 1.54) is 6.08 Å². The summed E-state index contributed by atoms with van der Waals surface area (Å²) in [6, 6.07) is 11.2. The van der Waals surface area contributed by atoms with Crippen LogP contribution in [-0.2, 0) is 0 Å². The van der Waals surface area contributed by atoms with Gasteiger partial charge in [0.15, 0.2) is 5.60 Å². The molecule has 1 atom stereocenters. The summed E-state index contributed by atoms with van der Waals surface area (Å²) < 4.78 is 0. The van der Waals surface area contributed by atoms with Crippen molar-refractivity contribution in [2.75, 3.05) is 0 Å². The molecule has 0 saturated heterocycles. The number of aliphatic hydroxyl groups is 1. The Morgan fingerprint density at radius 2 is 2.00 bits per heavy atom. The second kappa shape index (κ2) is 4.73. The summed E-state index contributed by atoms with van der Waals surface area (Å²) >= 11 is 0. The van der Waals surface area contributed by atoms with Gasteiger partial charge in [-0.05, 0) is 24.3 Å². The molecule has 0 radical (unpaired) electrons. The standard InChI is InChI=1S/C13H11N3O/c14-10-13(17)8-6-12(7-9-13)16-15-11-4-2-1-3-5-11/h1-8,17H,9H2. The molecule has 1 aliphatic rings. The van der Waals surface area contributed by atoms with Crippen LogP contribution in [0.3, 0.4) is 0 Å². The number of azo groups is 1. The molecule has 1 aliphatic carbocycles. The van der Waals surface area contributed by atoms with E-state index in [1.54, 1.807) is 12.2 Å². The first-order valence-corrected chi connectivity index (χ1v) is 5.22. The van der Waals surface area contributed by atoms with Crippen molar-refractivity contribution in [3.05, 3.63) is 54.3 Å². The van der Waals surface area contributed by atoms with Gasteiger partial charge in [-0.15, -0.1) is 0 Å². The van der Waals surface area contributed by atoms with Crippen LogP contribution in [-0.4, -0.2) is 10.7 Å². The van der Waals surface area contributed by atoms with Crippen molar-refractivity contribution < 1.29 is 5.11 Å². The van der Waals surface area contributed by atoms with E-state index >= 15 is 0 Å². The molecule has 0 aliphatic heterocycles. The Kier molecular flexibility index (Phi) is 3.12. The van der Waals surface area contributed by atoms with Gasteiger partial charge in [-0.1, -0.05) is 24.3 Å². The van der Waals surface area contributed by atoms with Gasteiger partial charge in [0.05, 0.1) is 11.4 Å². The third-order valence-corrected chi connectivity index (χ3v) is 2.38. The van der Waals surface area contributed by atoms with Crippen molar-refractivity contribution in [1.82, 2.24) is 0 Å². The maximum absolute atomic E-state index is 9.62. The van der Waals surface area contributed by atoms with E-state index in [-0.39, 0.29) is 6.42 Å². The molecular weight excluding hydrogens is 214 g/mol. The van der Waals surface area contributed by atoms with Crippen LogP contribution in [0.5, 0.6) is 0 Å². The summed E-state index contributed by atoms with van der Waals surface area (Å²) in [5.74, 6) is 0. The second-order valence-corrected chi connectivity index (χ2v) is 3.74. The molecule has 0 saturated carbocycles. The summed E-state index contributed by atoms with van der Waals surface area (Å²) in [4.78, 5) is 0. The lowest BCUT2D eigenvalue weighted by Crippen LogP contribution is -2.23. The highest BCUT2D eigenvalue weighted by atomic mass is 16.3. The van der Waals surface area contributed by atoms with Gasteiger partial charge in [-0.3, -0.25) is 0 Å². The van der Waals surface area contributed by atoms with Crippen LogP contribution >= 0.6 is 0 Å². The van der Waals surface area contributed by atoms with Gasteiger partial charge >= 0.3 is 0 Å². The molecule has 0 bridgehead atoms. The van der Waals surface area contributed by atoms with Crippen molar-refractivity contribution in [2.45, 2.75) is 12.0 Å². The fraction of sp³-hybridized carbons (Fsp3) is 0.154. The summed E-state index contributed by atoms with van der Waals surface area (Å²) in [6.45, 7) is 0. The van der Waals surface area contributed by atoms with Gasteiger partial charge in [0.1, 0.15) is 6.07 Å². The lowest BCUT2D eigenvalue weighted by molar-refractivity contribution is 0.152. The van der Waals surface area contributed by atoms with E-state index in [2.05, 4.69) is 10.2 Å². The van der Waals surface area contributed by atoms with Gasteiger partial charge < -0.3 is 5.11 Å². The molecule has 2 rings (SSSR count). The highest BCUT2D eigenvalue weighted by molar-refractivity contribution is 5.36. The third kappa shape index (κ3) is 2.86. The fourth-order valence-corrected chi connectivity index (χ4v) is 1.39. The maximum atomic E-state index is 9.62. The van der Waals surface area contributed by atoms with Gasteiger partial charge in [-0.25, -0.2) is 0 Å². The lowest BCUT2D eigenvalue weighted by atomic mass is 9.96. The molecule has 0 heterocycles. The molecule has 1 unspecified atom stereocenters. The average molecular weight is 225 g/mol. The van der Waals surface area contributed by atoms with Crippen molar-refractivity contribution in [2.24, 2.45) is 10.2 Å². The molecule has 84 valence electrons. The second-order valence-electron chi connectivity index (χ2n) is 3.74. The molecule has 1 aromatic rings. The first-order valence-electron chi connectivity index (χ1n) is 5.22. The Morgan fingerprint density at radius 1 is 1.24 bits per heavy atom. The van der Waals surface area contributed by atoms with Crippen LogP contribution < -0.4 is 0 Å². The van der Waals surface area contributed by atoms with E-state index in [4.69, 9.17) is 5.26 Å². The Labute approximate surface area is 99.2 Å². The number of hydrogen-bond donors (Lipinski definition) is 1. The molecule has 0 aromatic heterocycles. The number of nitriles is 1. The summed E-state index contributed by atoms with van der Waals surface area (Å²) in [5, 5.41) is 26.4. The highest BCUT2D eigenvalue weighted by Gasteiger charge is 2.23. The minimum absolute atomic E-state index is 0.239. The molecule has 0 fully saturated rings. The van der Waals surface area contributed by atoms with Gasteiger partial charge in [-0.2, -0.15) is 15.5 Å². The summed E-state index contributed by atoms with van der Waals surface area (Å²) in [6.07, 6.45) is 4.96. The van der Waals surface area contributed by atoms with Crippen molar-refractivity contribution in [3.63, 3.8) is 0 Å². The normalized spacial score (nSPS) is 23.4. The highest BCUT2D eigenvalue weighted by Crippen LogP contribution is 2.22. The third-order valence-electron chi connectivity index (χ3n) is 2.38. The average Bonchev–Trinajstić information content (AvgIpc) is 2.39. The summed E-state index contributed by atoms with van der Waals surface area (Å²) in [7, 11) is 0. The Bertz CT molecular complexity index is 525. The van der Waals surface area contributed by atoms with E-state index in [0.717, 1.165) is 5.69 Å². The van der Waals surface area contributed by atoms with E-state index < -0.39 is 5.60 Å². The van der Waals surface area contributed by atoms with Crippen LogP contribution in [0.15, 0.2) is 64.5 Å². The van der Waals surface area contributed by atoms with Gasteiger partial charge in [0.25, 0.3) is 0 Å². The van der Waals surface area contributed by atoms with Crippen molar-refractivity contribution >= 4 is 5.69 Å². The molecule has 0 spiro atoms. The summed E-state index contributed by atoms with van der Waals surface area (Å²) in [5.41, 5.74) is 0.0166. The smallest absolute Gasteiger partial charge is 0.173 e. The molecule has 1 N–H and O–H groups in total. The van der Waals surface area contributed by atoms with Gasteiger partial charge in [0.2, 0.25) is 0 Å². The minimum Gasteiger partial charge on any atom is -0.372 e. The number of hydrogen-bond acceptors (Lipinski definition) is 4. The van der Waals surface area contributed by atoms with Crippen LogP contribution in [0, 0.1) is 11.3 Å². The first-order chi connectivity index (χ1) is 8.22. The molecular formula is C13H11N3O. The Morgan fingerprint density at radius 3 is 2.59 bits per heavy atom. The number of rotatable bonds is 2. The van der Waals surface area contributed by atoms with Crippen LogP contribution in [0.2, 0.25) is 0 Å². The zero-order valence-electron chi connectivity index (χ0n) is 9.11. The molecule has 4 nitrogen and oxygen atoms in total. The minimum atomic E-state index is -1.40. The van der Waals surface area contributed by atoms with E-state index in [1.807, 2.05) is 36.4 Å². The number of allylic oxidation sites excluding steroid dienone is 1. The molecule has 17 heavy (non-hydrogen) atoms. The number of benzene rings is 1. The van der Waals surface area contributed by atoms with Crippen molar-refractivity contribution in [3.8, 4) is 6.07 Å².